The van der Waals surface area contributed by atoms with Crippen molar-refractivity contribution in [2.24, 2.45) is 0 Å². The van der Waals surface area contributed by atoms with Crippen LogP contribution in [0.4, 0.5) is 10.1 Å². The van der Waals surface area contributed by atoms with E-state index in [1.54, 1.807) is 19.1 Å². The summed E-state index contributed by atoms with van der Waals surface area (Å²) in [6.07, 6.45) is 0.764. The normalized spacial score (nSPS) is 12.0. The molecule has 1 rings (SSSR count). The second kappa shape index (κ2) is 6.51. The minimum atomic E-state index is -0.271. The monoisotopic (exact) mass is 256 g/mol. The van der Waals surface area contributed by atoms with Crippen molar-refractivity contribution in [3.8, 4) is 0 Å². The molecule has 17 heavy (non-hydrogen) atoms. The van der Waals surface area contributed by atoms with Crippen LogP contribution in [0.25, 0.3) is 0 Å². The molecule has 1 aromatic rings. The minimum absolute atomic E-state index is 0.0145. The van der Waals surface area contributed by atoms with Gasteiger partial charge in [-0.25, -0.2) is 4.39 Å². The maximum atomic E-state index is 13.3. The lowest BCUT2D eigenvalue weighted by molar-refractivity contribution is 0.253. The number of rotatable bonds is 4. The quantitative estimate of drug-likeness (QED) is 0.723. The Morgan fingerprint density at radius 1 is 1.53 bits per heavy atom. The zero-order valence-electron chi connectivity index (χ0n) is 9.96. The van der Waals surface area contributed by atoms with Crippen molar-refractivity contribution >= 4 is 23.0 Å². The molecule has 0 aliphatic heterocycles. The number of anilines is 1. The van der Waals surface area contributed by atoms with Crippen LogP contribution in [-0.4, -0.2) is 22.9 Å². The summed E-state index contributed by atoms with van der Waals surface area (Å²) in [5.41, 5.74) is 1.19. The second-order valence-corrected chi connectivity index (χ2v) is 4.26. The van der Waals surface area contributed by atoms with Crippen molar-refractivity contribution in [1.82, 2.24) is 5.32 Å². The molecule has 1 aromatic carbocycles. The molecule has 0 aliphatic carbocycles. The highest BCUT2D eigenvalue weighted by Gasteiger charge is 2.06. The smallest absolute Gasteiger partial charge is 0.171 e. The highest BCUT2D eigenvalue weighted by molar-refractivity contribution is 7.80. The van der Waals surface area contributed by atoms with Gasteiger partial charge >= 0.3 is 0 Å². The van der Waals surface area contributed by atoms with E-state index in [0.717, 1.165) is 6.42 Å². The molecule has 0 fully saturated rings. The predicted octanol–water partition coefficient (Wildman–Crippen LogP) is 2.19. The number of aryl methyl sites for hydroxylation is 1. The fraction of sp³-hybridized carbons (Fsp3) is 0.417. The van der Waals surface area contributed by atoms with E-state index in [-0.39, 0.29) is 18.5 Å². The van der Waals surface area contributed by atoms with Crippen molar-refractivity contribution in [3.63, 3.8) is 0 Å². The van der Waals surface area contributed by atoms with Crippen LogP contribution in [0.15, 0.2) is 18.2 Å². The summed E-state index contributed by atoms with van der Waals surface area (Å²) in [5, 5.41) is 15.2. The van der Waals surface area contributed by atoms with Crippen LogP contribution in [0.3, 0.4) is 0 Å². The Labute approximate surface area is 106 Å². The van der Waals surface area contributed by atoms with Crippen LogP contribution in [0, 0.1) is 12.7 Å². The molecule has 0 aliphatic rings. The Balaban J connectivity index is 2.58. The minimum Gasteiger partial charge on any atom is -0.394 e. The molecule has 0 aromatic heterocycles. The number of aliphatic hydroxyl groups excluding tert-OH is 1. The zero-order valence-corrected chi connectivity index (χ0v) is 10.8. The summed E-state index contributed by atoms with van der Waals surface area (Å²) in [6, 6.07) is 4.75. The lowest BCUT2D eigenvalue weighted by Crippen LogP contribution is -2.39. The Kier molecular flexibility index (Phi) is 5.31. The van der Waals surface area contributed by atoms with Gasteiger partial charge in [0.05, 0.1) is 12.6 Å². The second-order valence-electron chi connectivity index (χ2n) is 3.85. The van der Waals surface area contributed by atoms with E-state index in [0.29, 0.717) is 16.4 Å². The van der Waals surface area contributed by atoms with Gasteiger partial charge in [0.15, 0.2) is 5.11 Å². The van der Waals surface area contributed by atoms with Crippen molar-refractivity contribution in [3.05, 3.63) is 29.6 Å². The van der Waals surface area contributed by atoms with Crippen LogP contribution in [0.5, 0.6) is 0 Å². The molecule has 0 amide bonds. The maximum absolute atomic E-state index is 13.3. The summed E-state index contributed by atoms with van der Waals surface area (Å²) in [7, 11) is 0. The average Bonchev–Trinajstić information content (AvgIpc) is 2.31. The highest BCUT2D eigenvalue weighted by atomic mass is 32.1. The van der Waals surface area contributed by atoms with Crippen LogP contribution >= 0.6 is 12.2 Å². The molecule has 5 heteroatoms. The van der Waals surface area contributed by atoms with Gasteiger partial charge < -0.3 is 15.7 Å². The number of aliphatic hydroxyl groups is 1. The van der Waals surface area contributed by atoms with Crippen molar-refractivity contribution in [2.75, 3.05) is 11.9 Å². The molecule has 0 saturated heterocycles. The average molecular weight is 256 g/mol. The topological polar surface area (TPSA) is 44.3 Å². The Bertz CT molecular complexity index is 394. The number of halogens is 1. The summed E-state index contributed by atoms with van der Waals surface area (Å²) in [4.78, 5) is 0. The van der Waals surface area contributed by atoms with Gasteiger partial charge in [0.1, 0.15) is 5.82 Å². The number of nitrogens with one attached hydrogen (secondary N) is 2. The molecule has 0 heterocycles. The predicted molar refractivity (Wildman–Crippen MR) is 71.7 cm³/mol. The number of thiocarbonyl (C=S) groups is 1. The molecule has 0 spiro atoms. The van der Waals surface area contributed by atoms with E-state index in [1.165, 1.54) is 6.07 Å². The third-order valence-corrected chi connectivity index (χ3v) is 2.70. The summed E-state index contributed by atoms with van der Waals surface area (Å²) >= 11 is 5.07. The van der Waals surface area contributed by atoms with Crippen LogP contribution in [-0.2, 0) is 0 Å². The molecule has 1 atom stereocenters. The van der Waals surface area contributed by atoms with Crippen LogP contribution in [0.1, 0.15) is 18.9 Å². The van der Waals surface area contributed by atoms with E-state index in [9.17, 15) is 4.39 Å². The molecule has 0 radical (unpaired) electrons. The fourth-order valence-corrected chi connectivity index (χ4v) is 1.58. The Morgan fingerprint density at radius 3 is 2.76 bits per heavy atom. The first-order chi connectivity index (χ1) is 8.06. The lowest BCUT2D eigenvalue weighted by Gasteiger charge is -2.17. The van der Waals surface area contributed by atoms with Crippen molar-refractivity contribution in [1.29, 1.82) is 0 Å². The molecule has 3 N–H and O–H groups in total. The van der Waals surface area contributed by atoms with Gasteiger partial charge in [0.25, 0.3) is 0 Å². The third-order valence-electron chi connectivity index (χ3n) is 2.48. The van der Waals surface area contributed by atoms with Crippen LogP contribution in [0.2, 0.25) is 0 Å². The van der Waals surface area contributed by atoms with Crippen molar-refractivity contribution < 1.29 is 9.50 Å². The first-order valence-electron chi connectivity index (χ1n) is 5.51. The number of hydrogen-bond acceptors (Lipinski definition) is 2. The van der Waals surface area contributed by atoms with Gasteiger partial charge in [0, 0.05) is 5.69 Å². The fourth-order valence-electron chi connectivity index (χ4n) is 1.30. The van der Waals surface area contributed by atoms with Gasteiger partial charge in [-0.15, -0.1) is 0 Å². The largest absolute Gasteiger partial charge is 0.394 e. The first kappa shape index (κ1) is 13.9. The van der Waals surface area contributed by atoms with E-state index in [2.05, 4.69) is 10.6 Å². The molecule has 0 unspecified atom stereocenters. The molecule has 0 saturated carbocycles. The van der Waals surface area contributed by atoms with Gasteiger partial charge in [-0.2, -0.15) is 0 Å². The van der Waals surface area contributed by atoms with Gasteiger partial charge in [-0.3, -0.25) is 0 Å². The van der Waals surface area contributed by atoms with E-state index in [1.807, 2.05) is 6.92 Å². The van der Waals surface area contributed by atoms with Gasteiger partial charge in [-0.05, 0) is 43.3 Å². The van der Waals surface area contributed by atoms with E-state index in [4.69, 9.17) is 17.3 Å². The third kappa shape index (κ3) is 4.28. The van der Waals surface area contributed by atoms with E-state index >= 15 is 0 Å². The molecule has 0 bridgehead atoms. The lowest BCUT2D eigenvalue weighted by atomic mass is 10.2. The zero-order chi connectivity index (χ0) is 12.8. The Morgan fingerprint density at radius 2 is 2.24 bits per heavy atom. The number of hydrogen-bond donors (Lipinski definition) is 3. The SMILES string of the molecule is CC[C@@H](CO)NC(=S)Nc1ccc(C)c(F)c1. The number of benzene rings is 1. The summed E-state index contributed by atoms with van der Waals surface area (Å²) in [5.74, 6) is -0.271. The molecule has 94 valence electrons. The standard InChI is InChI=1S/C12H17FN2OS/c1-3-9(7-16)14-12(17)15-10-5-4-8(2)11(13)6-10/h4-6,9,16H,3,7H2,1-2H3,(H2,14,15,17)/t9-/m0/s1. The molecule has 3 nitrogen and oxygen atoms in total. The van der Waals surface area contributed by atoms with Gasteiger partial charge in [-0.1, -0.05) is 13.0 Å². The highest BCUT2D eigenvalue weighted by Crippen LogP contribution is 2.13. The van der Waals surface area contributed by atoms with E-state index < -0.39 is 0 Å². The Hall–Kier alpha value is -1.20. The molecular weight excluding hydrogens is 239 g/mol. The van der Waals surface area contributed by atoms with Crippen molar-refractivity contribution in [2.45, 2.75) is 26.3 Å². The maximum Gasteiger partial charge on any atom is 0.171 e. The summed E-state index contributed by atoms with van der Waals surface area (Å²) in [6.45, 7) is 3.66. The first-order valence-corrected chi connectivity index (χ1v) is 5.92. The van der Waals surface area contributed by atoms with Crippen LogP contribution < -0.4 is 10.6 Å². The molecular formula is C12H17FN2OS. The van der Waals surface area contributed by atoms with Gasteiger partial charge in [0.2, 0.25) is 0 Å². The summed E-state index contributed by atoms with van der Waals surface area (Å²) < 4.78 is 13.3.